The third kappa shape index (κ3) is 1.59. The van der Waals surface area contributed by atoms with Gasteiger partial charge in [-0.15, -0.1) is 0 Å². The number of hydrogen-bond acceptors (Lipinski definition) is 4. The van der Waals surface area contributed by atoms with Gasteiger partial charge in [0, 0.05) is 32.4 Å². The average molecular weight is 204 g/mol. The zero-order chi connectivity index (χ0) is 10.3. The topological polar surface area (TPSA) is 41.1 Å². The van der Waals surface area contributed by atoms with Crippen molar-refractivity contribution >= 4 is 5.82 Å². The molecule has 1 aromatic rings. The van der Waals surface area contributed by atoms with Crippen molar-refractivity contribution in [2.45, 2.75) is 6.92 Å². The van der Waals surface area contributed by atoms with E-state index in [1.165, 1.54) is 13.1 Å². The number of anilines is 1. The SMILES string of the molecule is Cc1nccc(N2C[C@H]3CNC[C@H]3C2)n1. The Hall–Kier alpha value is -1.16. The van der Waals surface area contributed by atoms with Gasteiger partial charge in [0.1, 0.15) is 11.6 Å². The Morgan fingerprint density at radius 2 is 2.07 bits per heavy atom. The maximum absolute atomic E-state index is 4.48. The van der Waals surface area contributed by atoms with E-state index in [0.29, 0.717) is 0 Å². The molecular formula is C11H16N4. The highest BCUT2D eigenvalue weighted by Crippen LogP contribution is 2.29. The summed E-state index contributed by atoms with van der Waals surface area (Å²) in [7, 11) is 0. The highest BCUT2D eigenvalue weighted by Gasteiger charge is 2.36. The van der Waals surface area contributed by atoms with E-state index in [4.69, 9.17) is 0 Å². The van der Waals surface area contributed by atoms with Crippen LogP contribution < -0.4 is 10.2 Å². The lowest BCUT2D eigenvalue weighted by molar-refractivity contribution is 0.533. The number of nitrogens with one attached hydrogen (secondary N) is 1. The number of hydrogen-bond donors (Lipinski definition) is 1. The molecule has 4 nitrogen and oxygen atoms in total. The van der Waals surface area contributed by atoms with Crippen molar-refractivity contribution in [3.05, 3.63) is 18.1 Å². The van der Waals surface area contributed by atoms with Gasteiger partial charge >= 0.3 is 0 Å². The Balaban J connectivity index is 1.79. The maximum Gasteiger partial charge on any atom is 0.132 e. The van der Waals surface area contributed by atoms with Crippen molar-refractivity contribution in [2.24, 2.45) is 11.8 Å². The second-order valence-corrected chi connectivity index (χ2v) is 4.55. The highest BCUT2D eigenvalue weighted by molar-refractivity contribution is 5.39. The monoisotopic (exact) mass is 204 g/mol. The molecule has 3 heterocycles. The number of aromatic nitrogens is 2. The first-order valence-electron chi connectivity index (χ1n) is 5.58. The molecule has 2 aliphatic heterocycles. The fourth-order valence-electron chi connectivity index (χ4n) is 2.66. The lowest BCUT2D eigenvalue weighted by Gasteiger charge is -2.18. The molecule has 2 saturated heterocycles. The van der Waals surface area contributed by atoms with Gasteiger partial charge in [-0.05, 0) is 24.8 Å². The lowest BCUT2D eigenvalue weighted by Crippen LogP contribution is -2.26. The molecule has 15 heavy (non-hydrogen) atoms. The van der Waals surface area contributed by atoms with Crippen LogP contribution in [0.25, 0.3) is 0 Å². The van der Waals surface area contributed by atoms with Crippen LogP contribution in [-0.4, -0.2) is 36.1 Å². The fourth-order valence-corrected chi connectivity index (χ4v) is 2.66. The summed E-state index contributed by atoms with van der Waals surface area (Å²) in [5.74, 6) is 3.60. The average Bonchev–Trinajstić information content (AvgIpc) is 2.76. The van der Waals surface area contributed by atoms with Crippen molar-refractivity contribution in [2.75, 3.05) is 31.1 Å². The van der Waals surface area contributed by atoms with E-state index in [1.807, 2.05) is 19.2 Å². The third-order valence-electron chi connectivity index (χ3n) is 3.47. The van der Waals surface area contributed by atoms with Crippen LogP contribution in [0.3, 0.4) is 0 Å². The molecule has 0 aromatic carbocycles. The zero-order valence-corrected chi connectivity index (χ0v) is 8.98. The number of fused-ring (bicyclic) bond motifs is 1. The second-order valence-electron chi connectivity index (χ2n) is 4.55. The van der Waals surface area contributed by atoms with Crippen molar-refractivity contribution < 1.29 is 0 Å². The van der Waals surface area contributed by atoms with Crippen molar-refractivity contribution in [3.8, 4) is 0 Å². The van der Waals surface area contributed by atoms with Crippen LogP contribution in [-0.2, 0) is 0 Å². The van der Waals surface area contributed by atoms with E-state index in [-0.39, 0.29) is 0 Å². The molecule has 0 amide bonds. The van der Waals surface area contributed by atoms with Gasteiger partial charge in [-0.25, -0.2) is 9.97 Å². The van der Waals surface area contributed by atoms with E-state index >= 15 is 0 Å². The Kier molecular flexibility index (Phi) is 2.09. The van der Waals surface area contributed by atoms with E-state index in [0.717, 1.165) is 36.6 Å². The molecule has 2 fully saturated rings. The van der Waals surface area contributed by atoms with Crippen LogP contribution in [0.5, 0.6) is 0 Å². The van der Waals surface area contributed by atoms with Gasteiger partial charge in [-0.2, -0.15) is 0 Å². The molecule has 80 valence electrons. The van der Waals surface area contributed by atoms with E-state index in [9.17, 15) is 0 Å². The molecule has 0 spiro atoms. The van der Waals surface area contributed by atoms with Crippen LogP contribution in [0, 0.1) is 18.8 Å². The van der Waals surface area contributed by atoms with Gasteiger partial charge in [0.2, 0.25) is 0 Å². The molecular weight excluding hydrogens is 188 g/mol. The molecule has 4 heteroatoms. The van der Waals surface area contributed by atoms with Gasteiger partial charge in [0.25, 0.3) is 0 Å². The summed E-state index contributed by atoms with van der Waals surface area (Å²) in [6.07, 6.45) is 1.85. The van der Waals surface area contributed by atoms with Crippen LogP contribution in [0.15, 0.2) is 12.3 Å². The quantitative estimate of drug-likeness (QED) is 0.720. The molecule has 1 N–H and O–H groups in total. The van der Waals surface area contributed by atoms with Crippen LogP contribution >= 0.6 is 0 Å². The Morgan fingerprint density at radius 1 is 1.33 bits per heavy atom. The summed E-state index contributed by atoms with van der Waals surface area (Å²) in [5, 5.41) is 3.45. The van der Waals surface area contributed by atoms with E-state index in [2.05, 4.69) is 20.2 Å². The van der Waals surface area contributed by atoms with E-state index < -0.39 is 0 Å². The standard InChI is InChI=1S/C11H16N4/c1-8-13-3-2-11(14-8)15-6-9-4-12-5-10(9)7-15/h2-3,9-10,12H,4-7H2,1H3/t9-,10+. The fraction of sp³-hybridized carbons (Fsp3) is 0.636. The van der Waals surface area contributed by atoms with Crippen molar-refractivity contribution in [1.29, 1.82) is 0 Å². The molecule has 0 radical (unpaired) electrons. The summed E-state index contributed by atoms with van der Waals surface area (Å²) in [6.45, 7) is 6.58. The summed E-state index contributed by atoms with van der Waals surface area (Å²) in [5.41, 5.74) is 0. The minimum Gasteiger partial charge on any atom is -0.356 e. The first-order valence-corrected chi connectivity index (χ1v) is 5.58. The first-order chi connectivity index (χ1) is 7.33. The highest BCUT2D eigenvalue weighted by atomic mass is 15.2. The number of rotatable bonds is 1. The Bertz CT molecular complexity index is 353. The van der Waals surface area contributed by atoms with Crippen LogP contribution in [0.1, 0.15) is 5.82 Å². The Labute approximate surface area is 89.7 Å². The predicted octanol–water partition coefficient (Wildman–Crippen LogP) is 0.441. The van der Waals surface area contributed by atoms with Gasteiger partial charge in [0.05, 0.1) is 0 Å². The molecule has 0 saturated carbocycles. The lowest BCUT2D eigenvalue weighted by atomic mass is 10.0. The number of nitrogens with zero attached hydrogens (tertiary/aromatic N) is 3. The molecule has 0 unspecified atom stereocenters. The molecule has 0 bridgehead atoms. The summed E-state index contributed by atoms with van der Waals surface area (Å²) < 4.78 is 0. The van der Waals surface area contributed by atoms with Gasteiger partial charge < -0.3 is 10.2 Å². The molecule has 1 aromatic heterocycles. The smallest absolute Gasteiger partial charge is 0.132 e. The number of aryl methyl sites for hydroxylation is 1. The largest absolute Gasteiger partial charge is 0.356 e. The van der Waals surface area contributed by atoms with E-state index in [1.54, 1.807) is 0 Å². The van der Waals surface area contributed by atoms with Gasteiger partial charge in [0.15, 0.2) is 0 Å². The zero-order valence-electron chi connectivity index (χ0n) is 8.98. The van der Waals surface area contributed by atoms with Crippen LogP contribution in [0.2, 0.25) is 0 Å². The summed E-state index contributed by atoms with van der Waals surface area (Å²) >= 11 is 0. The molecule has 3 rings (SSSR count). The predicted molar refractivity (Wildman–Crippen MR) is 58.8 cm³/mol. The third-order valence-corrected chi connectivity index (χ3v) is 3.47. The second kappa shape index (κ2) is 3.45. The first kappa shape index (κ1) is 9.09. The van der Waals surface area contributed by atoms with Gasteiger partial charge in [-0.3, -0.25) is 0 Å². The van der Waals surface area contributed by atoms with Crippen molar-refractivity contribution in [1.82, 2.24) is 15.3 Å². The van der Waals surface area contributed by atoms with Crippen molar-refractivity contribution in [3.63, 3.8) is 0 Å². The summed E-state index contributed by atoms with van der Waals surface area (Å²) in [4.78, 5) is 11.0. The Morgan fingerprint density at radius 3 is 2.73 bits per heavy atom. The molecule has 2 atom stereocenters. The molecule has 2 aliphatic rings. The summed E-state index contributed by atoms with van der Waals surface area (Å²) in [6, 6.07) is 2.02. The maximum atomic E-state index is 4.48. The minimum absolute atomic E-state index is 0.820. The van der Waals surface area contributed by atoms with Crippen LogP contribution in [0.4, 0.5) is 5.82 Å². The van der Waals surface area contributed by atoms with Gasteiger partial charge in [-0.1, -0.05) is 0 Å². The minimum atomic E-state index is 0.820. The normalized spacial score (nSPS) is 29.5. The molecule has 0 aliphatic carbocycles.